The Labute approximate surface area is 112 Å². The van der Waals surface area contributed by atoms with Crippen LogP contribution in [-0.4, -0.2) is 31.3 Å². The van der Waals surface area contributed by atoms with Crippen LogP contribution in [-0.2, 0) is 4.74 Å². The molecule has 5 nitrogen and oxygen atoms in total. The maximum absolute atomic E-state index is 12.3. The molecule has 3 atom stereocenters. The zero-order chi connectivity index (χ0) is 13.4. The fourth-order valence-corrected chi connectivity index (χ4v) is 2.89. The van der Waals surface area contributed by atoms with Crippen LogP contribution in [0, 0.1) is 0 Å². The molecule has 3 unspecified atom stereocenters. The topological polar surface area (TPSA) is 73.6 Å². The predicted molar refractivity (Wildman–Crippen MR) is 71.2 cm³/mol. The SMILES string of the molecule is COc1ccc(N)c(C(=O)NC2CC3CCC2O3)c1. The monoisotopic (exact) mass is 262 g/mol. The van der Waals surface area contributed by atoms with E-state index in [0.717, 1.165) is 19.3 Å². The van der Waals surface area contributed by atoms with E-state index < -0.39 is 0 Å². The summed E-state index contributed by atoms with van der Waals surface area (Å²) in [4.78, 5) is 12.3. The molecule has 3 N–H and O–H groups in total. The minimum absolute atomic E-state index is 0.108. The van der Waals surface area contributed by atoms with Gasteiger partial charge >= 0.3 is 0 Å². The summed E-state index contributed by atoms with van der Waals surface area (Å²) < 4.78 is 10.8. The molecule has 0 aromatic heterocycles. The maximum atomic E-state index is 12.3. The van der Waals surface area contributed by atoms with Gasteiger partial charge in [0.05, 0.1) is 30.9 Å². The van der Waals surface area contributed by atoms with Gasteiger partial charge in [0.25, 0.3) is 5.91 Å². The van der Waals surface area contributed by atoms with Gasteiger partial charge in [-0.3, -0.25) is 4.79 Å². The second-order valence-electron chi connectivity index (χ2n) is 5.14. The second kappa shape index (κ2) is 4.74. The Morgan fingerprint density at radius 3 is 2.95 bits per heavy atom. The molecule has 2 heterocycles. The molecular weight excluding hydrogens is 244 g/mol. The summed E-state index contributed by atoms with van der Waals surface area (Å²) in [5, 5.41) is 3.02. The van der Waals surface area contributed by atoms with Gasteiger partial charge in [0, 0.05) is 5.69 Å². The van der Waals surface area contributed by atoms with Crippen LogP contribution < -0.4 is 15.8 Å². The first-order valence-electron chi connectivity index (χ1n) is 6.57. The van der Waals surface area contributed by atoms with Crippen LogP contribution in [0.5, 0.6) is 5.75 Å². The second-order valence-corrected chi connectivity index (χ2v) is 5.14. The van der Waals surface area contributed by atoms with Crippen molar-refractivity contribution >= 4 is 11.6 Å². The van der Waals surface area contributed by atoms with Crippen molar-refractivity contribution in [2.75, 3.05) is 12.8 Å². The molecule has 1 amide bonds. The van der Waals surface area contributed by atoms with E-state index in [9.17, 15) is 4.79 Å². The summed E-state index contributed by atoms with van der Waals surface area (Å²) in [6.07, 6.45) is 3.53. The summed E-state index contributed by atoms with van der Waals surface area (Å²) in [6, 6.07) is 5.20. The number of hydrogen-bond acceptors (Lipinski definition) is 4. The van der Waals surface area contributed by atoms with Crippen LogP contribution in [0.15, 0.2) is 18.2 Å². The Morgan fingerprint density at radius 2 is 2.32 bits per heavy atom. The summed E-state index contributed by atoms with van der Waals surface area (Å²) in [5.74, 6) is 0.473. The van der Waals surface area contributed by atoms with Crippen LogP contribution >= 0.6 is 0 Å². The lowest BCUT2D eigenvalue weighted by Crippen LogP contribution is -2.41. The minimum Gasteiger partial charge on any atom is -0.497 e. The fourth-order valence-electron chi connectivity index (χ4n) is 2.89. The lowest BCUT2D eigenvalue weighted by molar-refractivity contribution is 0.0841. The van der Waals surface area contributed by atoms with E-state index in [0.29, 0.717) is 23.1 Å². The third kappa shape index (κ3) is 2.26. The number of nitrogens with one attached hydrogen (secondary N) is 1. The summed E-state index contributed by atoms with van der Waals surface area (Å²) in [6.45, 7) is 0. The molecule has 2 fully saturated rings. The van der Waals surface area contributed by atoms with Crippen molar-refractivity contribution in [3.8, 4) is 5.75 Å². The lowest BCUT2D eigenvalue weighted by atomic mass is 9.95. The number of nitrogen functional groups attached to an aromatic ring is 1. The molecule has 102 valence electrons. The van der Waals surface area contributed by atoms with Gasteiger partial charge in [-0.15, -0.1) is 0 Å². The smallest absolute Gasteiger partial charge is 0.253 e. The highest BCUT2D eigenvalue weighted by molar-refractivity contribution is 5.99. The molecular formula is C14H18N2O3. The van der Waals surface area contributed by atoms with Crippen molar-refractivity contribution in [1.82, 2.24) is 5.32 Å². The van der Waals surface area contributed by atoms with E-state index in [1.54, 1.807) is 25.3 Å². The Balaban J connectivity index is 1.73. The number of benzene rings is 1. The van der Waals surface area contributed by atoms with Crippen LogP contribution in [0.3, 0.4) is 0 Å². The number of carbonyl (C=O) groups is 1. The Hall–Kier alpha value is -1.75. The molecule has 19 heavy (non-hydrogen) atoms. The highest BCUT2D eigenvalue weighted by atomic mass is 16.5. The summed E-state index contributed by atoms with van der Waals surface area (Å²) in [7, 11) is 1.57. The van der Waals surface area contributed by atoms with Gasteiger partial charge in [0.1, 0.15) is 5.75 Å². The quantitative estimate of drug-likeness (QED) is 0.806. The number of ether oxygens (including phenoxy) is 2. The van der Waals surface area contributed by atoms with Gasteiger partial charge in [-0.1, -0.05) is 0 Å². The highest BCUT2D eigenvalue weighted by Gasteiger charge is 2.41. The number of rotatable bonds is 3. The molecule has 0 aliphatic carbocycles. The number of carbonyl (C=O) groups excluding carboxylic acids is 1. The molecule has 2 bridgehead atoms. The molecule has 2 aliphatic heterocycles. The average molecular weight is 262 g/mol. The highest BCUT2D eigenvalue weighted by Crippen LogP contribution is 2.34. The Bertz CT molecular complexity index is 503. The molecule has 0 spiro atoms. The van der Waals surface area contributed by atoms with E-state index in [1.165, 1.54) is 0 Å². The lowest BCUT2D eigenvalue weighted by Gasteiger charge is -2.20. The molecule has 3 rings (SSSR count). The van der Waals surface area contributed by atoms with Crippen molar-refractivity contribution < 1.29 is 14.3 Å². The number of hydrogen-bond donors (Lipinski definition) is 2. The van der Waals surface area contributed by atoms with Gasteiger partial charge in [0.15, 0.2) is 0 Å². The fraction of sp³-hybridized carbons (Fsp3) is 0.500. The first-order chi connectivity index (χ1) is 9.17. The van der Waals surface area contributed by atoms with Gasteiger partial charge in [-0.2, -0.15) is 0 Å². The van der Waals surface area contributed by atoms with Crippen molar-refractivity contribution in [3.05, 3.63) is 23.8 Å². The van der Waals surface area contributed by atoms with Crippen LogP contribution in [0.25, 0.3) is 0 Å². The zero-order valence-electron chi connectivity index (χ0n) is 10.9. The number of anilines is 1. The molecule has 0 radical (unpaired) electrons. The molecule has 5 heteroatoms. The number of fused-ring (bicyclic) bond motifs is 2. The van der Waals surface area contributed by atoms with Crippen LogP contribution in [0.2, 0.25) is 0 Å². The van der Waals surface area contributed by atoms with E-state index in [2.05, 4.69) is 5.32 Å². The van der Waals surface area contributed by atoms with Gasteiger partial charge < -0.3 is 20.5 Å². The number of methoxy groups -OCH3 is 1. The van der Waals surface area contributed by atoms with E-state index in [1.807, 2.05) is 0 Å². The maximum Gasteiger partial charge on any atom is 0.253 e. The van der Waals surface area contributed by atoms with Gasteiger partial charge in [-0.05, 0) is 37.5 Å². The first-order valence-corrected chi connectivity index (χ1v) is 6.57. The molecule has 1 aromatic carbocycles. The molecule has 0 saturated carbocycles. The van der Waals surface area contributed by atoms with Crippen molar-refractivity contribution in [2.45, 2.75) is 37.5 Å². The van der Waals surface area contributed by atoms with E-state index in [-0.39, 0.29) is 18.1 Å². The van der Waals surface area contributed by atoms with Crippen LogP contribution in [0.4, 0.5) is 5.69 Å². The van der Waals surface area contributed by atoms with E-state index in [4.69, 9.17) is 15.2 Å². The predicted octanol–water partition coefficient (Wildman–Crippen LogP) is 1.33. The largest absolute Gasteiger partial charge is 0.497 e. The Morgan fingerprint density at radius 1 is 1.47 bits per heavy atom. The van der Waals surface area contributed by atoms with Gasteiger partial charge in [-0.25, -0.2) is 0 Å². The average Bonchev–Trinajstić information content (AvgIpc) is 3.01. The van der Waals surface area contributed by atoms with Crippen molar-refractivity contribution in [1.29, 1.82) is 0 Å². The molecule has 2 aliphatic rings. The van der Waals surface area contributed by atoms with Crippen LogP contribution in [0.1, 0.15) is 29.6 Å². The van der Waals surface area contributed by atoms with Gasteiger partial charge in [0.2, 0.25) is 0 Å². The number of nitrogens with two attached hydrogens (primary N) is 1. The normalized spacial score (nSPS) is 28.4. The van der Waals surface area contributed by atoms with Crippen molar-refractivity contribution in [3.63, 3.8) is 0 Å². The third-order valence-corrected chi connectivity index (χ3v) is 3.93. The molecule has 2 saturated heterocycles. The third-order valence-electron chi connectivity index (χ3n) is 3.93. The minimum atomic E-state index is -0.155. The standard InChI is InChI=1S/C14H18N2O3/c1-18-8-2-4-11(15)10(6-8)14(17)16-12-7-9-3-5-13(12)19-9/h2,4,6,9,12-13H,3,5,7,15H2,1H3,(H,16,17). The van der Waals surface area contributed by atoms with E-state index >= 15 is 0 Å². The zero-order valence-corrected chi connectivity index (χ0v) is 10.9. The summed E-state index contributed by atoms with van der Waals surface area (Å²) in [5.41, 5.74) is 6.77. The van der Waals surface area contributed by atoms with Crippen molar-refractivity contribution in [2.24, 2.45) is 0 Å². The Kier molecular flexibility index (Phi) is 3.06. The number of amides is 1. The summed E-state index contributed by atoms with van der Waals surface area (Å²) >= 11 is 0. The molecule has 1 aromatic rings. The first kappa shape index (κ1) is 12.3.